The minimum absolute atomic E-state index is 0.0546. The molecule has 2 aliphatic carbocycles. The van der Waals surface area contributed by atoms with Crippen molar-refractivity contribution in [3.05, 3.63) is 53.5 Å². The molecular formula is C26H30F3N5O. The molecule has 1 aromatic carbocycles. The van der Waals surface area contributed by atoms with Gasteiger partial charge in [0.25, 0.3) is 5.91 Å². The highest BCUT2D eigenvalue weighted by atomic mass is 19.4. The summed E-state index contributed by atoms with van der Waals surface area (Å²) in [7, 11) is 0. The van der Waals surface area contributed by atoms with E-state index in [-0.39, 0.29) is 24.0 Å². The van der Waals surface area contributed by atoms with Crippen molar-refractivity contribution in [3.63, 3.8) is 0 Å². The van der Waals surface area contributed by atoms with E-state index < -0.39 is 11.9 Å². The first-order valence-corrected chi connectivity index (χ1v) is 12.4. The summed E-state index contributed by atoms with van der Waals surface area (Å²) >= 11 is 0. The molecular weight excluding hydrogens is 455 g/mol. The SMILES string of the molecule is Cc1ccc2nc(C(F)(F)F)cc(N[C@H]3CCCC(NC(=O)c4ccnn4C4CCCC4)C3)c2c1. The van der Waals surface area contributed by atoms with Gasteiger partial charge < -0.3 is 10.6 Å². The second-order valence-corrected chi connectivity index (χ2v) is 9.85. The predicted octanol–water partition coefficient (Wildman–Crippen LogP) is 6.03. The van der Waals surface area contributed by atoms with E-state index in [0.717, 1.165) is 56.6 Å². The number of benzene rings is 1. The third-order valence-corrected chi connectivity index (χ3v) is 7.20. The smallest absolute Gasteiger partial charge is 0.382 e. The largest absolute Gasteiger partial charge is 0.433 e. The number of hydrogen-bond acceptors (Lipinski definition) is 4. The van der Waals surface area contributed by atoms with Crippen LogP contribution in [0.3, 0.4) is 0 Å². The van der Waals surface area contributed by atoms with Crippen LogP contribution in [0.25, 0.3) is 10.9 Å². The lowest BCUT2D eigenvalue weighted by atomic mass is 9.90. The molecule has 2 aliphatic rings. The molecule has 186 valence electrons. The maximum Gasteiger partial charge on any atom is 0.433 e. The summed E-state index contributed by atoms with van der Waals surface area (Å²) in [4.78, 5) is 16.9. The lowest BCUT2D eigenvalue weighted by Crippen LogP contribution is -2.42. The molecule has 2 atom stereocenters. The molecule has 2 heterocycles. The van der Waals surface area contributed by atoms with Crippen molar-refractivity contribution in [2.75, 3.05) is 5.32 Å². The number of aryl methyl sites for hydroxylation is 1. The normalized spacial score (nSPS) is 21.4. The summed E-state index contributed by atoms with van der Waals surface area (Å²) in [6.45, 7) is 1.91. The number of nitrogens with one attached hydrogen (secondary N) is 2. The summed E-state index contributed by atoms with van der Waals surface area (Å²) < 4.78 is 42.3. The highest BCUT2D eigenvalue weighted by Crippen LogP contribution is 2.35. The maximum absolute atomic E-state index is 13.5. The van der Waals surface area contributed by atoms with Gasteiger partial charge in [0.05, 0.1) is 11.6 Å². The van der Waals surface area contributed by atoms with Crippen LogP contribution in [0, 0.1) is 6.92 Å². The second kappa shape index (κ2) is 9.51. The number of hydrogen-bond donors (Lipinski definition) is 2. The number of anilines is 1. The lowest BCUT2D eigenvalue weighted by Gasteiger charge is -2.31. The number of aromatic nitrogens is 3. The number of amides is 1. The van der Waals surface area contributed by atoms with Gasteiger partial charge in [0.1, 0.15) is 11.4 Å². The van der Waals surface area contributed by atoms with Crippen LogP contribution in [-0.4, -0.2) is 32.8 Å². The average Bonchev–Trinajstić information content (AvgIpc) is 3.51. The van der Waals surface area contributed by atoms with Crippen LogP contribution in [0.5, 0.6) is 0 Å². The van der Waals surface area contributed by atoms with Crippen molar-refractivity contribution in [1.82, 2.24) is 20.1 Å². The van der Waals surface area contributed by atoms with Crippen molar-refractivity contribution in [3.8, 4) is 0 Å². The fraction of sp³-hybridized carbons (Fsp3) is 0.500. The molecule has 1 unspecified atom stereocenters. The zero-order chi connectivity index (χ0) is 24.6. The highest BCUT2D eigenvalue weighted by Gasteiger charge is 2.34. The van der Waals surface area contributed by atoms with Gasteiger partial charge in [0.15, 0.2) is 0 Å². The molecule has 6 nitrogen and oxygen atoms in total. The van der Waals surface area contributed by atoms with Gasteiger partial charge in [0.2, 0.25) is 0 Å². The molecule has 9 heteroatoms. The molecule has 2 fully saturated rings. The zero-order valence-corrected chi connectivity index (χ0v) is 19.7. The Balaban J connectivity index is 1.32. The summed E-state index contributed by atoms with van der Waals surface area (Å²) in [6, 6.07) is 8.28. The number of alkyl halides is 3. The van der Waals surface area contributed by atoms with E-state index in [4.69, 9.17) is 0 Å². The van der Waals surface area contributed by atoms with Gasteiger partial charge in [-0.3, -0.25) is 9.48 Å². The molecule has 0 saturated heterocycles. The molecule has 35 heavy (non-hydrogen) atoms. The summed E-state index contributed by atoms with van der Waals surface area (Å²) in [5, 5.41) is 11.6. The van der Waals surface area contributed by atoms with Crippen molar-refractivity contribution >= 4 is 22.5 Å². The van der Waals surface area contributed by atoms with Crippen LogP contribution in [0.4, 0.5) is 18.9 Å². The van der Waals surface area contributed by atoms with Crippen LogP contribution in [0.1, 0.15) is 79.2 Å². The summed E-state index contributed by atoms with van der Waals surface area (Å²) in [6.07, 6.45) is 4.71. The zero-order valence-electron chi connectivity index (χ0n) is 19.7. The first-order chi connectivity index (χ1) is 16.8. The van der Waals surface area contributed by atoms with Gasteiger partial charge in [-0.15, -0.1) is 0 Å². The Morgan fingerprint density at radius 3 is 2.57 bits per heavy atom. The minimum atomic E-state index is -4.53. The van der Waals surface area contributed by atoms with E-state index in [1.165, 1.54) is 0 Å². The average molecular weight is 486 g/mol. The first-order valence-electron chi connectivity index (χ1n) is 12.4. The number of carbonyl (C=O) groups is 1. The number of nitrogens with zero attached hydrogens (tertiary/aromatic N) is 3. The number of halogens is 3. The van der Waals surface area contributed by atoms with Crippen molar-refractivity contribution in [1.29, 1.82) is 0 Å². The predicted molar refractivity (Wildman–Crippen MR) is 128 cm³/mol. The molecule has 0 aliphatic heterocycles. The van der Waals surface area contributed by atoms with Crippen LogP contribution in [0.2, 0.25) is 0 Å². The molecule has 5 rings (SSSR count). The van der Waals surface area contributed by atoms with Crippen LogP contribution in [0.15, 0.2) is 36.5 Å². The van der Waals surface area contributed by atoms with E-state index in [1.54, 1.807) is 24.4 Å². The van der Waals surface area contributed by atoms with Crippen LogP contribution < -0.4 is 10.6 Å². The minimum Gasteiger partial charge on any atom is -0.382 e. The number of rotatable bonds is 5. The standard InChI is InChI=1S/C26H30F3N5O/c1-16-9-10-21-20(13-16)22(15-24(33-21)26(27,28)29)31-17-5-4-6-18(14-17)32-25(35)23-11-12-30-34(23)19-7-2-3-8-19/h9-13,15,17-19H,2-8,14H2,1H3,(H,31,33)(H,32,35)/t17-,18?/m0/s1. The van der Waals surface area contributed by atoms with Gasteiger partial charge in [-0.1, -0.05) is 24.5 Å². The molecule has 2 saturated carbocycles. The number of pyridine rings is 1. The van der Waals surface area contributed by atoms with E-state index in [0.29, 0.717) is 28.7 Å². The molecule has 2 aromatic heterocycles. The van der Waals surface area contributed by atoms with Gasteiger partial charge in [-0.05, 0) is 69.7 Å². The quantitative estimate of drug-likeness (QED) is 0.463. The molecule has 3 aromatic rings. The van der Waals surface area contributed by atoms with Gasteiger partial charge in [-0.2, -0.15) is 18.3 Å². The summed E-state index contributed by atoms with van der Waals surface area (Å²) in [5.74, 6) is -0.135. The van der Waals surface area contributed by atoms with E-state index in [1.807, 2.05) is 17.7 Å². The second-order valence-electron chi connectivity index (χ2n) is 9.85. The Bertz CT molecular complexity index is 1220. The Morgan fingerprint density at radius 1 is 1.03 bits per heavy atom. The monoisotopic (exact) mass is 485 g/mol. The fourth-order valence-corrected chi connectivity index (χ4v) is 5.47. The fourth-order valence-electron chi connectivity index (χ4n) is 5.47. The molecule has 1 amide bonds. The Morgan fingerprint density at radius 2 is 1.80 bits per heavy atom. The third-order valence-electron chi connectivity index (χ3n) is 7.20. The van der Waals surface area contributed by atoms with Crippen molar-refractivity contribution in [2.24, 2.45) is 0 Å². The Hall–Kier alpha value is -3.10. The van der Waals surface area contributed by atoms with Gasteiger partial charge in [0, 0.05) is 29.4 Å². The van der Waals surface area contributed by atoms with Gasteiger partial charge in [-0.25, -0.2) is 4.98 Å². The van der Waals surface area contributed by atoms with E-state index in [9.17, 15) is 18.0 Å². The van der Waals surface area contributed by atoms with E-state index in [2.05, 4.69) is 20.7 Å². The molecule has 0 bridgehead atoms. The van der Waals surface area contributed by atoms with E-state index >= 15 is 0 Å². The summed E-state index contributed by atoms with van der Waals surface area (Å²) in [5.41, 5.74) is 1.38. The first kappa shape index (κ1) is 23.6. The molecule has 0 spiro atoms. The van der Waals surface area contributed by atoms with Crippen molar-refractivity contribution in [2.45, 2.75) is 82.6 Å². The third kappa shape index (κ3) is 5.13. The number of fused-ring (bicyclic) bond motifs is 1. The highest BCUT2D eigenvalue weighted by molar-refractivity contribution is 5.93. The van der Waals surface area contributed by atoms with Crippen molar-refractivity contribution < 1.29 is 18.0 Å². The molecule has 0 radical (unpaired) electrons. The lowest BCUT2D eigenvalue weighted by molar-refractivity contribution is -0.140. The van der Waals surface area contributed by atoms with Crippen LogP contribution >= 0.6 is 0 Å². The van der Waals surface area contributed by atoms with Gasteiger partial charge >= 0.3 is 6.18 Å². The van der Waals surface area contributed by atoms with Crippen LogP contribution in [-0.2, 0) is 6.18 Å². The number of carbonyl (C=O) groups excluding carboxylic acids is 1. The maximum atomic E-state index is 13.5. The Kier molecular flexibility index (Phi) is 6.42. The molecule has 2 N–H and O–H groups in total. The topological polar surface area (TPSA) is 71.8 Å². The Labute approximate surface area is 202 Å².